The smallest absolute Gasteiger partial charge is 0.248 e. The lowest BCUT2D eigenvalue weighted by molar-refractivity contribution is -0.135. The minimum absolute atomic E-state index is 0.0123. The summed E-state index contributed by atoms with van der Waals surface area (Å²) in [6, 6.07) is 7.96. The Kier molecular flexibility index (Phi) is 5.04. The summed E-state index contributed by atoms with van der Waals surface area (Å²) < 4.78 is 7.42. The molecule has 1 fully saturated rings. The number of likely N-dealkylation sites (tertiary alicyclic amines) is 1. The number of amides is 2. The standard InChI is InChI=1S/C21H27N5O3/c1-4-29-14-19(28)24-12-9-21(15-24)17-8-6-11-25(17)20-16(7-5-10-22-20)26(21)13-18(27)23(2)3/h5-8,10-11H,4,9,12-15H2,1-3H3. The molecule has 0 N–H and O–H groups in total. The Bertz CT molecular complexity index is 925. The van der Waals surface area contributed by atoms with Crippen LogP contribution in [-0.2, 0) is 19.9 Å². The van der Waals surface area contributed by atoms with Gasteiger partial charge in [-0.2, -0.15) is 0 Å². The Morgan fingerprint density at radius 2 is 2.10 bits per heavy atom. The first-order chi connectivity index (χ1) is 14.0. The van der Waals surface area contributed by atoms with Gasteiger partial charge in [0.1, 0.15) is 12.1 Å². The van der Waals surface area contributed by atoms with Crippen LogP contribution in [0.25, 0.3) is 5.82 Å². The second-order valence-corrected chi connectivity index (χ2v) is 7.72. The Morgan fingerprint density at radius 1 is 1.28 bits per heavy atom. The number of nitrogens with zero attached hydrogens (tertiary/aromatic N) is 5. The van der Waals surface area contributed by atoms with E-state index in [4.69, 9.17) is 4.74 Å². The monoisotopic (exact) mass is 397 g/mol. The molecule has 8 heteroatoms. The molecule has 0 bridgehead atoms. The highest BCUT2D eigenvalue weighted by atomic mass is 16.5. The second-order valence-electron chi connectivity index (χ2n) is 7.72. The molecule has 2 aromatic rings. The third-order valence-electron chi connectivity index (χ3n) is 5.85. The van der Waals surface area contributed by atoms with Crippen molar-refractivity contribution in [1.29, 1.82) is 0 Å². The molecule has 2 aliphatic heterocycles. The molecule has 0 aromatic carbocycles. The molecule has 0 saturated carbocycles. The third kappa shape index (κ3) is 3.17. The molecule has 0 aliphatic carbocycles. The minimum Gasteiger partial charge on any atom is -0.372 e. The molecule has 1 saturated heterocycles. The van der Waals surface area contributed by atoms with E-state index in [1.54, 1.807) is 25.2 Å². The summed E-state index contributed by atoms with van der Waals surface area (Å²) in [4.78, 5) is 35.5. The zero-order chi connectivity index (χ0) is 20.6. The van der Waals surface area contributed by atoms with E-state index in [2.05, 4.69) is 20.5 Å². The summed E-state index contributed by atoms with van der Waals surface area (Å²) in [5.41, 5.74) is 1.49. The van der Waals surface area contributed by atoms with Crippen molar-refractivity contribution < 1.29 is 14.3 Å². The van der Waals surface area contributed by atoms with Crippen LogP contribution in [0.3, 0.4) is 0 Å². The predicted octanol–water partition coefficient (Wildman–Crippen LogP) is 1.24. The van der Waals surface area contributed by atoms with Crippen LogP contribution in [0, 0.1) is 0 Å². The predicted molar refractivity (Wildman–Crippen MR) is 109 cm³/mol. The largest absolute Gasteiger partial charge is 0.372 e. The zero-order valence-electron chi connectivity index (χ0n) is 17.2. The molecule has 29 heavy (non-hydrogen) atoms. The second kappa shape index (κ2) is 7.51. The van der Waals surface area contributed by atoms with Crippen molar-refractivity contribution in [1.82, 2.24) is 19.4 Å². The van der Waals surface area contributed by atoms with Gasteiger partial charge in [-0.15, -0.1) is 0 Å². The van der Waals surface area contributed by atoms with Gasteiger partial charge in [-0.1, -0.05) is 0 Å². The molecule has 1 spiro atoms. The molecule has 2 aliphatic rings. The number of anilines is 1. The van der Waals surface area contributed by atoms with Crippen LogP contribution in [0.15, 0.2) is 36.7 Å². The summed E-state index contributed by atoms with van der Waals surface area (Å²) >= 11 is 0. The molecule has 0 radical (unpaired) electrons. The van der Waals surface area contributed by atoms with Crippen LogP contribution < -0.4 is 4.90 Å². The lowest BCUT2D eigenvalue weighted by Crippen LogP contribution is -2.55. The average Bonchev–Trinajstić information content (AvgIpc) is 3.38. The van der Waals surface area contributed by atoms with Gasteiger partial charge in [-0.3, -0.25) is 9.59 Å². The van der Waals surface area contributed by atoms with Crippen molar-refractivity contribution in [2.24, 2.45) is 0 Å². The zero-order valence-corrected chi connectivity index (χ0v) is 17.2. The highest BCUT2D eigenvalue weighted by Gasteiger charge is 2.51. The number of ether oxygens (including phenoxy) is 1. The van der Waals surface area contributed by atoms with Crippen LogP contribution in [0.1, 0.15) is 19.0 Å². The number of hydrogen-bond donors (Lipinski definition) is 0. The maximum absolute atomic E-state index is 12.7. The Morgan fingerprint density at radius 3 is 2.86 bits per heavy atom. The molecule has 1 unspecified atom stereocenters. The van der Waals surface area contributed by atoms with Crippen molar-refractivity contribution >= 4 is 17.5 Å². The first-order valence-corrected chi connectivity index (χ1v) is 9.94. The number of pyridine rings is 1. The van der Waals surface area contributed by atoms with Crippen LogP contribution in [0.2, 0.25) is 0 Å². The Hall–Kier alpha value is -2.87. The molecule has 1 atom stereocenters. The van der Waals surface area contributed by atoms with Gasteiger partial charge in [0.05, 0.1) is 17.9 Å². The van der Waals surface area contributed by atoms with E-state index in [1.807, 2.05) is 36.2 Å². The lowest BCUT2D eigenvalue weighted by atomic mass is 9.88. The average molecular weight is 397 g/mol. The van der Waals surface area contributed by atoms with E-state index < -0.39 is 5.54 Å². The van der Waals surface area contributed by atoms with Gasteiger partial charge in [0.2, 0.25) is 11.8 Å². The fourth-order valence-corrected chi connectivity index (χ4v) is 4.33. The van der Waals surface area contributed by atoms with E-state index in [1.165, 1.54) is 0 Å². The summed E-state index contributed by atoms with van der Waals surface area (Å²) in [5.74, 6) is 0.805. The van der Waals surface area contributed by atoms with Gasteiger partial charge in [-0.25, -0.2) is 4.98 Å². The van der Waals surface area contributed by atoms with Crippen molar-refractivity contribution in [2.75, 3.05) is 51.8 Å². The SMILES string of the molecule is CCOCC(=O)N1CCC2(C1)c1cccn1-c1ncccc1N2CC(=O)N(C)C. The maximum atomic E-state index is 12.7. The normalized spacial score (nSPS) is 20.0. The summed E-state index contributed by atoms with van der Waals surface area (Å²) in [5, 5.41) is 0. The number of carbonyl (C=O) groups excluding carboxylic acids is 2. The molecule has 2 aromatic heterocycles. The number of rotatable bonds is 5. The van der Waals surface area contributed by atoms with E-state index in [9.17, 15) is 9.59 Å². The van der Waals surface area contributed by atoms with E-state index in [0.29, 0.717) is 19.7 Å². The van der Waals surface area contributed by atoms with Crippen molar-refractivity contribution in [3.05, 3.63) is 42.4 Å². The highest BCUT2D eigenvalue weighted by Crippen LogP contribution is 2.46. The number of fused-ring (bicyclic) bond motifs is 4. The molecule has 2 amide bonds. The van der Waals surface area contributed by atoms with Gasteiger partial charge >= 0.3 is 0 Å². The van der Waals surface area contributed by atoms with Crippen molar-refractivity contribution in [3.63, 3.8) is 0 Å². The first-order valence-electron chi connectivity index (χ1n) is 9.94. The van der Waals surface area contributed by atoms with E-state index in [0.717, 1.165) is 23.6 Å². The van der Waals surface area contributed by atoms with Crippen LogP contribution in [-0.4, -0.2) is 78.1 Å². The van der Waals surface area contributed by atoms with E-state index in [-0.39, 0.29) is 25.0 Å². The Balaban J connectivity index is 1.77. The van der Waals surface area contributed by atoms with Gasteiger partial charge in [-0.05, 0) is 37.6 Å². The number of likely N-dealkylation sites (N-methyl/N-ethyl adjacent to an activating group) is 1. The molecular formula is C21H27N5O3. The quantitative estimate of drug-likeness (QED) is 0.759. The minimum atomic E-state index is -0.479. The fraction of sp³-hybridized carbons (Fsp3) is 0.476. The molecular weight excluding hydrogens is 370 g/mol. The van der Waals surface area contributed by atoms with Crippen LogP contribution in [0.5, 0.6) is 0 Å². The first kappa shape index (κ1) is 19.4. The molecule has 4 heterocycles. The number of hydrogen-bond acceptors (Lipinski definition) is 5. The van der Waals surface area contributed by atoms with Crippen molar-refractivity contribution in [3.8, 4) is 5.82 Å². The van der Waals surface area contributed by atoms with Gasteiger partial charge in [0, 0.05) is 46.2 Å². The lowest BCUT2D eigenvalue weighted by Gasteiger charge is -2.46. The van der Waals surface area contributed by atoms with Crippen LogP contribution in [0.4, 0.5) is 5.69 Å². The van der Waals surface area contributed by atoms with Gasteiger partial charge in [0.25, 0.3) is 0 Å². The Labute approximate surface area is 170 Å². The highest BCUT2D eigenvalue weighted by molar-refractivity contribution is 5.84. The third-order valence-corrected chi connectivity index (χ3v) is 5.85. The summed E-state index contributed by atoms with van der Waals surface area (Å²) in [6.45, 7) is 3.84. The molecule has 4 rings (SSSR count). The molecule has 8 nitrogen and oxygen atoms in total. The van der Waals surface area contributed by atoms with Gasteiger partial charge < -0.3 is 24.0 Å². The fourth-order valence-electron chi connectivity index (χ4n) is 4.33. The van der Waals surface area contributed by atoms with Crippen LogP contribution >= 0.6 is 0 Å². The summed E-state index contributed by atoms with van der Waals surface area (Å²) in [6.07, 6.45) is 4.50. The topological polar surface area (TPSA) is 70.9 Å². The van der Waals surface area contributed by atoms with Crippen molar-refractivity contribution in [2.45, 2.75) is 18.9 Å². The van der Waals surface area contributed by atoms with E-state index >= 15 is 0 Å². The van der Waals surface area contributed by atoms with Gasteiger partial charge in [0.15, 0.2) is 5.82 Å². The number of aromatic nitrogens is 2. The summed E-state index contributed by atoms with van der Waals surface area (Å²) in [7, 11) is 3.52. The number of carbonyl (C=O) groups is 2. The maximum Gasteiger partial charge on any atom is 0.248 e. The molecule has 154 valence electrons.